The molecule has 2 rings (SSSR count). The second-order valence-corrected chi connectivity index (χ2v) is 6.63. The summed E-state index contributed by atoms with van der Waals surface area (Å²) in [4.78, 5) is 20.1. The van der Waals surface area contributed by atoms with Gasteiger partial charge >= 0.3 is 0 Å². The topological polar surface area (TPSA) is 71.8 Å². The van der Waals surface area contributed by atoms with E-state index >= 15 is 0 Å². The molecule has 0 aliphatic carbocycles. The van der Waals surface area contributed by atoms with Gasteiger partial charge in [0, 0.05) is 21.1 Å². The lowest BCUT2D eigenvalue weighted by Crippen LogP contribution is -2.10. The third-order valence-electron chi connectivity index (χ3n) is 2.92. The number of hydrogen-bond donors (Lipinski definition) is 2. The predicted molar refractivity (Wildman–Crippen MR) is 89.9 cm³/mol. The van der Waals surface area contributed by atoms with Crippen molar-refractivity contribution in [1.82, 2.24) is 9.97 Å². The van der Waals surface area contributed by atoms with Crippen LogP contribution in [0.5, 0.6) is 0 Å². The minimum atomic E-state index is -0.103. The Morgan fingerprint density at radius 2 is 2.14 bits per heavy atom. The number of nitrogens with zero attached hydrogens (tertiary/aromatic N) is 1. The van der Waals surface area contributed by atoms with E-state index in [2.05, 4.69) is 38.9 Å². The van der Waals surface area contributed by atoms with Crippen molar-refractivity contribution in [2.24, 2.45) is 5.73 Å². The van der Waals surface area contributed by atoms with Gasteiger partial charge in [-0.25, -0.2) is 4.98 Å². The summed E-state index contributed by atoms with van der Waals surface area (Å²) in [6.07, 6.45) is 2.57. The molecule has 6 heteroatoms. The van der Waals surface area contributed by atoms with Crippen molar-refractivity contribution in [3.63, 3.8) is 0 Å². The molecule has 2 aromatic rings. The molecule has 0 aliphatic rings. The highest BCUT2D eigenvalue weighted by atomic mass is 79.9. The Hall–Kier alpha value is -1.11. The van der Waals surface area contributed by atoms with Crippen LogP contribution in [-0.2, 0) is 12.8 Å². The van der Waals surface area contributed by atoms with Crippen LogP contribution in [0.25, 0.3) is 0 Å². The summed E-state index contributed by atoms with van der Waals surface area (Å²) < 4.78 is 1.02. The third-order valence-corrected chi connectivity index (χ3v) is 4.42. The van der Waals surface area contributed by atoms with Crippen molar-refractivity contribution in [2.75, 3.05) is 6.54 Å². The van der Waals surface area contributed by atoms with Gasteiger partial charge in [0.25, 0.3) is 5.56 Å². The van der Waals surface area contributed by atoms with Gasteiger partial charge < -0.3 is 10.7 Å². The lowest BCUT2D eigenvalue weighted by atomic mass is 10.1. The second kappa shape index (κ2) is 7.77. The van der Waals surface area contributed by atoms with Crippen molar-refractivity contribution in [2.45, 2.75) is 36.2 Å². The highest BCUT2D eigenvalue weighted by molar-refractivity contribution is 9.10. The highest BCUT2D eigenvalue weighted by Crippen LogP contribution is 2.30. The SMILES string of the molecule is CCCc1cc(=O)[nH]c(Sc2ccc(Br)cc2CCN)n1. The van der Waals surface area contributed by atoms with E-state index in [0.717, 1.165) is 39.9 Å². The minimum absolute atomic E-state index is 0.103. The van der Waals surface area contributed by atoms with E-state index in [-0.39, 0.29) is 5.56 Å². The number of aromatic nitrogens is 2. The molecule has 112 valence electrons. The van der Waals surface area contributed by atoms with Crippen LogP contribution in [0.1, 0.15) is 24.6 Å². The summed E-state index contributed by atoms with van der Waals surface area (Å²) in [7, 11) is 0. The maximum Gasteiger partial charge on any atom is 0.251 e. The summed E-state index contributed by atoms with van der Waals surface area (Å²) in [6.45, 7) is 2.66. The van der Waals surface area contributed by atoms with Gasteiger partial charge in [0.2, 0.25) is 0 Å². The Kier molecular flexibility index (Phi) is 6.02. The van der Waals surface area contributed by atoms with Crippen molar-refractivity contribution < 1.29 is 0 Å². The molecule has 1 aromatic carbocycles. The molecule has 4 nitrogen and oxygen atoms in total. The molecule has 0 atom stereocenters. The van der Waals surface area contributed by atoms with Crippen LogP contribution in [0, 0.1) is 0 Å². The van der Waals surface area contributed by atoms with E-state index in [1.807, 2.05) is 12.1 Å². The Morgan fingerprint density at radius 1 is 1.33 bits per heavy atom. The first-order valence-electron chi connectivity index (χ1n) is 6.89. The fourth-order valence-electron chi connectivity index (χ4n) is 2.02. The Balaban J connectivity index is 2.31. The van der Waals surface area contributed by atoms with Gasteiger partial charge in [0.05, 0.1) is 0 Å². The number of halogens is 1. The minimum Gasteiger partial charge on any atom is -0.330 e. The zero-order valence-corrected chi connectivity index (χ0v) is 14.3. The maximum absolute atomic E-state index is 11.7. The van der Waals surface area contributed by atoms with Crippen molar-refractivity contribution in [3.8, 4) is 0 Å². The molecule has 1 heterocycles. The first-order chi connectivity index (χ1) is 10.1. The van der Waals surface area contributed by atoms with E-state index in [4.69, 9.17) is 5.73 Å². The van der Waals surface area contributed by atoms with Gasteiger partial charge in [-0.15, -0.1) is 0 Å². The predicted octanol–water partition coefficient (Wildman–Crippen LogP) is 3.14. The van der Waals surface area contributed by atoms with E-state index < -0.39 is 0 Å². The van der Waals surface area contributed by atoms with Gasteiger partial charge in [-0.05, 0) is 43.1 Å². The number of H-pyrrole nitrogens is 1. The number of rotatable bonds is 6. The number of hydrogen-bond acceptors (Lipinski definition) is 4. The van der Waals surface area contributed by atoms with Gasteiger partial charge in [0.15, 0.2) is 5.16 Å². The van der Waals surface area contributed by atoms with Gasteiger partial charge in [-0.1, -0.05) is 41.0 Å². The van der Waals surface area contributed by atoms with Gasteiger partial charge in [0.1, 0.15) is 0 Å². The first-order valence-corrected chi connectivity index (χ1v) is 8.50. The molecule has 1 aromatic heterocycles. The lowest BCUT2D eigenvalue weighted by Gasteiger charge is -2.09. The summed E-state index contributed by atoms with van der Waals surface area (Å²) >= 11 is 4.95. The Bertz CT molecular complexity index is 672. The fourth-order valence-corrected chi connectivity index (χ4v) is 3.38. The summed E-state index contributed by atoms with van der Waals surface area (Å²) in [6, 6.07) is 7.63. The molecule has 0 radical (unpaired) electrons. The molecule has 0 aliphatic heterocycles. The smallest absolute Gasteiger partial charge is 0.251 e. The average molecular weight is 368 g/mol. The van der Waals surface area contributed by atoms with E-state index in [1.54, 1.807) is 6.07 Å². The van der Waals surface area contributed by atoms with Crippen molar-refractivity contribution in [3.05, 3.63) is 50.3 Å². The monoisotopic (exact) mass is 367 g/mol. The standard InChI is InChI=1S/C15H18BrN3OS/c1-2-3-12-9-14(20)19-15(18-12)21-13-5-4-11(16)8-10(13)6-7-17/h4-5,8-9H,2-3,6-7,17H2,1H3,(H,18,19,20). The normalized spacial score (nSPS) is 10.8. The Labute approximate surface area is 136 Å². The largest absolute Gasteiger partial charge is 0.330 e. The third kappa shape index (κ3) is 4.69. The Morgan fingerprint density at radius 3 is 2.86 bits per heavy atom. The molecule has 0 unspecified atom stereocenters. The highest BCUT2D eigenvalue weighted by Gasteiger charge is 2.08. The quantitative estimate of drug-likeness (QED) is 0.769. The van der Waals surface area contributed by atoms with E-state index in [9.17, 15) is 4.79 Å². The molecular weight excluding hydrogens is 350 g/mol. The molecule has 0 saturated heterocycles. The van der Waals surface area contributed by atoms with Crippen LogP contribution in [0.3, 0.4) is 0 Å². The van der Waals surface area contributed by atoms with Crippen LogP contribution < -0.4 is 11.3 Å². The summed E-state index contributed by atoms with van der Waals surface area (Å²) in [5, 5.41) is 0.631. The lowest BCUT2D eigenvalue weighted by molar-refractivity contribution is 0.815. The molecule has 0 amide bonds. The number of aryl methyl sites for hydroxylation is 1. The van der Waals surface area contributed by atoms with Crippen LogP contribution in [0.2, 0.25) is 0 Å². The summed E-state index contributed by atoms with van der Waals surface area (Å²) in [5.74, 6) is 0. The number of nitrogens with one attached hydrogen (secondary N) is 1. The van der Waals surface area contributed by atoms with Crippen LogP contribution in [-0.4, -0.2) is 16.5 Å². The molecular formula is C15H18BrN3OS. The van der Waals surface area contributed by atoms with Crippen molar-refractivity contribution in [1.29, 1.82) is 0 Å². The van der Waals surface area contributed by atoms with Crippen molar-refractivity contribution >= 4 is 27.7 Å². The molecule has 21 heavy (non-hydrogen) atoms. The number of benzene rings is 1. The first kappa shape index (κ1) is 16.3. The molecule has 0 fully saturated rings. The zero-order valence-electron chi connectivity index (χ0n) is 11.9. The zero-order chi connectivity index (χ0) is 15.2. The molecule has 0 spiro atoms. The van der Waals surface area contributed by atoms with Gasteiger partial charge in [-0.2, -0.15) is 0 Å². The van der Waals surface area contributed by atoms with Crippen LogP contribution in [0.15, 0.2) is 43.6 Å². The molecule has 3 N–H and O–H groups in total. The van der Waals surface area contributed by atoms with Gasteiger partial charge in [-0.3, -0.25) is 4.79 Å². The molecule has 0 bridgehead atoms. The second-order valence-electron chi connectivity index (χ2n) is 4.68. The maximum atomic E-state index is 11.7. The summed E-state index contributed by atoms with van der Waals surface area (Å²) in [5.41, 5.74) is 7.55. The number of nitrogens with two attached hydrogens (primary N) is 1. The number of aromatic amines is 1. The van der Waals surface area contributed by atoms with E-state index in [0.29, 0.717) is 11.7 Å². The van der Waals surface area contributed by atoms with Crippen LogP contribution >= 0.6 is 27.7 Å². The molecule has 0 saturated carbocycles. The van der Waals surface area contributed by atoms with E-state index in [1.165, 1.54) is 11.8 Å². The average Bonchev–Trinajstić information content (AvgIpc) is 2.42. The fraction of sp³-hybridized carbons (Fsp3) is 0.333. The van der Waals surface area contributed by atoms with Crippen LogP contribution in [0.4, 0.5) is 0 Å².